The van der Waals surface area contributed by atoms with Crippen LogP contribution in [-0.2, 0) is 21.4 Å². The van der Waals surface area contributed by atoms with Crippen LogP contribution in [0.25, 0.3) is 10.2 Å². The van der Waals surface area contributed by atoms with E-state index in [1.54, 1.807) is 48.8 Å². The number of rotatable bonds is 6. The molecule has 10 heteroatoms. The predicted molar refractivity (Wildman–Crippen MR) is 133 cm³/mol. The Hall–Kier alpha value is -3.21. The molecule has 0 aliphatic carbocycles. The normalized spacial score (nSPS) is 16.6. The third-order valence-corrected chi connectivity index (χ3v) is 8.98. The summed E-state index contributed by atoms with van der Waals surface area (Å²) in [5.74, 6) is -0.745. The van der Waals surface area contributed by atoms with Crippen LogP contribution in [0.1, 0.15) is 24.0 Å². The number of amides is 1. The lowest BCUT2D eigenvalue weighted by molar-refractivity contribution is -0.121. The van der Waals surface area contributed by atoms with Crippen molar-refractivity contribution >= 4 is 42.6 Å². The Morgan fingerprint density at radius 1 is 1.20 bits per heavy atom. The highest BCUT2D eigenvalue weighted by atomic mass is 32.2. The topological polar surface area (TPSA) is 83.5 Å². The summed E-state index contributed by atoms with van der Waals surface area (Å²) in [7, 11) is -3.86. The van der Waals surface area contributed by atoms with Crippen molar-refractivity contribution in [2.24, 2.45) is 0 Å². The van der Waals surface area contributed by atoms with Crippen LogP contribution in [0.5, 0.6) is 0 Å². The fourth-order valence-electron chi connectivity index (χ4n) is 4.22. The maximum atomic E-state index is 13.9. The molecule has 1 atom stereocenters. The Morgan fingerprint density at radius 2 is 2.00 bits per heavy atom. The molecule has 2 aromatic heterocycles. The van der Waals surface area contributed by atoms with Gasteiger partial charge in [0, 0.05) is 18.9 Å². The van der Waals surface area contributed by atoms with Crippen LogP contribution in [0.4, 0.5) is 9.52 Å². The summed E-state index contributed by atoms with van der Waals surface area (Å²) in [6, 6.07) is 13.7. The zero-order valence-corrected chi connectivity index (χ0v) is 20.6. The molecule has 180 valence electrons. The first-order valence-electron chi connectivity index (χ1n) is 11.2. The number of halogens is 1. The highest BCUT2D eigenvalue weighted by molar-refractivity contribution is 7.89. The molecular formula is C25H23FN4O3S2. The summed E-state index contributed by atoms with van der Waals surface area (Å²) in [6.45, 7) is 2.32. The molecule has 0 saturated carbocycles. The van der Waals surface area contributed by atoms with E-state index >= 15 is 0 Å². The molecule has 35 heavy (non-hydrogen) atoms. The third-order valence-electron chi connectivity index (χ3n) is 6.02. The molecule has 5 rings (SSSR count). The van der Waals surface area contributed by atoms with Gasteiger partial charge in [0.25, 0.3) is 0 Å². The van der Waals surface area contributed by atoms with Gasteiger partial charge in [0.05, 0.1) is 21.7 Å². The van der Waals surface area contributed by atoms with Crippen molar-refractivity contribution in [3.63, 3.8) is 0 Å². The van der Waals surface area contributed by atoms with Crippen molar-refractivity contribution in [2.45, 2.75) is 37.2 Å². The molecule has 1 aliphatic heterocycles. The molecular weight excluding hydrogens is 487 g/mol. The Morgan fingerprint density at radius 3 is 2.74 bits per heavy atom. The monoisotopic (exact) mass is 510 g/mol. The number of pyridine rings is 1. The number of nitrogens with zero attached hydrogens (tertiary/aromatic N) is 4. The fraction of sp³-hybridized carbons (Fsp3) is 0.240. The zero-order valence-electron chi connectivity index (χ0n) is 19.0. The minimum Gasteiger partial charge on any atom is -0.282 e. The van der Waals surface area contributed by atoms with E-state index in [1.165, 1.54) is 32.7 Å². The molecule has 0 radical (unpaired) electrons. The lowest BCUT2D eigenvalue weighted by Crippen LogP contribution is -2.47. The number of carbonyl (C=O) groups is 1. The Bertz CT molecular complexity index is 1470. The van der Waals surface area contributed by atoms with E-state index in [0.717, 1.165) is 11.1 Å². The molecule has 2 aromatic carbocycles. The van der Waals surface area contributed by atoms with Crippen molar-refractivity contribution in [3.8, 4) is 0 Å². The molecule has 0 spiro atoms. The number of benzene rings is 2. The fourth-order valence-corrected chi connectivity index (χ4v) is 6.86. The van der Waals surface area contributed by atoms with Crippen LogP contribution in [0.3, 0.4) is 0 Å². The van der Waals surface area contributed by atoms with E-state index in [4.69, 9.17) is 0 Å². The molecule has 1 saturated heterocycles. The van der Waals surface area contributed by atoms with Crippen LogP contribution < -0.4 is 4.90 Å². The number of sulfonamides is 1. The summed E-state index contributed by atoms with van der Waals surface area (Å²) in [5, 5.41) is 0.388. The minimum absolute atomic E-state index is 0.164. The molecule has 4 aromatic rings. The molecule has 0 N–H and O–H groups in total. The SMILES string of the molecule is Cc1ccc(S(=O)(=O)N2CCCC2C(=O)N(Cc2cccnc2)c2nc3ccc(F)cc3s2)cc1. The number of fused-ring (bicyclic) bond motifs is 1. The minimum atomic E-state index is -3.86. The van der Waals surface area contributed by atoms with Gasteiger partial charge in [-0.2, -0.15) is 4.31 Å². The van der Waals surface area contributed by atoms with Crippen LogP contribution in [0.2, 0.25) is 0 Å². The van der Waals surface area contributed by atoms with Crippen molar-refractivity contribution in [1.29, 1.82) is 0 Å². The van der Waals surface area contributed by atoms with Crippen LogP contribution in [0.15, 0.2) is 71.9 Å². The summed E-state index contributed by atoms with van der Waals surface area (Å²) in [6.07, 6.45) is 4.28. The van der Waals surface area contributed by atoms with E-state index in [1.807, 2.05) is 13.0 Å². The van der Waals surface area contributed by atoms with E-state index in [9.17, 15) is 17.6 Å². The standard InChI is InChI=1S/C25H23FN4O3S2/c1-17-6-9-20(10-7-17)35(32,33)30-13-3-5-22(30)24(31)29(16-18-4-2-12-27-15-18)25-28-21-11-8-19(26)14-23(21)34-25/h2,4,6-12,14-15,22H,3,5,13,16H2,1H3. The predicted octanol–water partition coefficient (Wildman–Crippen LogP) is 4.53. The van der Waals surface area contributed by atoms with E-state index in [0.29, 0.717) is 28.2 Å². The molecule has 1 unspecified atom stereocenters. The maximum absolute atomic E-state index is 13.9. The van der Waals surface area contributed by atoms with Gasteiger partial charge in [0.15, 0.2) is 5.13 Å². The van der Waals surface area contributed by atoms with Gasteiger partial charge in [-0.15, -0.1) is 0 Å². The highest BCUT2D eigenvalue weighted by Gasteiger charge is 2.42. The second kappa shape index (κ2) is 9.44. The highest BCUT2D eigenvalue weighted by Crippen LogP contribution is 2.34. The average molecular weight is 511 g/mol. The second-order valence-electron chi connectivity index (χ2n) is 8.48. The van der Waals surface area contributed by atoms with Gasteiger partial charge in [0.1, 0.15) is 11.9 Å². The van der Waals surface area contributed by atoms with Gasteiger partial charge in [0.2, 0.25) is 15.9 Å². The Balaban J connectivity index is 1.52. The first kappa shape index (κ1) is 23.5. The van der Waals surface area contributed by atoms with E-state index in [-0.39, 0.29) is 29.7 Å². The van der Waals surface area contributed by atoms with Gasteiger partial charge < -0.3 is 0 Å². The maximum Gasteiger partial charge on any atom is 0.247 e. The first-order chi connectivity index (χ1) is 16.8. The number of aromatic nitrogens is 2. The molecule has 0 bridgehead atoms. The number of aryl methyl sites for hydroxylation is 1. The van der Waals surface area contributed by atoms with Gasteiger partial charge in [-0.3, -0.25) is 14.7 Å². The van der Waals surface area contributed by atoms with Crippen molar-refractivity contribution < 1.29 is 17.6 Å². The first-order valence-corrected chi connectivity index (χ1v) is 13.4. The Labute approximate surface area is 206 Å². The lowest BCUT2D eigenvalue weighted by atomic mass is 10.2. The summed E-state index contributed by atoms with van der Waals surface area (Å²) < 4.78 is 42.6. The number of carbonyl (C=O) groups excluding carboxylic acids is 1. The van der Waals surface area contributed by atoms with E-state index < -0.39 is 16.1 Å². The quantitative estimate of drug-likeness (QED) is 0.381. The lowest BCUT2D eigenvalue weighted by Gasteiger charge is -2.28. The summed E-state index contributed by atoms with van der Waals surface area (Å²) in [5.41, 5.74) is 2.30. The van der Waals surface area contributed by atoms with Crippen molar-refractivity contribution in [2.75, 3.05) is 11.4 Å². The number of thiazole rings is 1. The second-order valence-corrected chi connectivity index (χ2v) is 11.4. The van der Waals surface area contributed by atoms with Gasteiger partial charge in [-0.25, -0.2) is 17.8 Å². The molecule has 3 heterocycles. The van der Waals surface area contributed by atoms with Crippen LogP contribution in [0, 0.1) is 12.7 Å². The average Bonchev–Trinajstić information content (AvgIpc) is 3.50. The van der Waals surface area contributed by atoms with Crippen LogP contribution >= 0.6 is 11.3 Å². The molecule has 1 fully saturated rings. The van der Waals surface area contributed by atoms with Gasteiger partial charge in [-0.05, 0) is 61.7 Å². The molecule has 7 nitrogen and oxygen atoms in total. The van der Waals surface area contributed by atoms with E-state index in [2.05, 4.69) is 9.97 Å². The summed E-state index contributed by atoms with van der Waals surface area (Å²) in [4.78, 5) is 24.3. The number of hydrogen-bond donors (Lipinski definition) is 0. The smallest absolute Gasteiger partial charge is 0.247 e. The van der Waals surface area contributed by atoms with Crippen molar-refractivity contribution in [1.82, 2.24) is 14.3 Å². The zero-order chi connectivity index (χ0) is 24.6. The van der Waals surface area contributed by atoms with Gasteiger partial charge >= 0.3 is 0 Å². The third kappa shape index (κ3) is 4.69. The number of hydrogen-bond acceptors (Lipinski definition) is 6. The van der Waals surface area contributed by atoms with Crippen molar-refractivity contribution in [3.05, 3.63) is 83.9 Å². The molecule has 1 aliphatic rings. The number of anilines is 1. The van der Waals surface area contributed by atoms with Crippen LogP contribution in [-0.4, -0.2) is 41.2 Å². The summed E-state index contributed by atoms with van der Waals surface area (Å²) >= 11 is 1.20. The molecule has 1 amide bonds. The largest absolute Gasteiger partial charge is 0.282 e. The van der Waals surface area contributed by atoms with Gasteiger partial charge in [-0.1, -0.05) is 35.1 Å². The Kier molecular flexibility index (Phi) is 6.35.